The summed E-state index contributed by atoms with van der Waals surface area (Å²) in [6, 6.07) is 3.98. The van der Waals surface area contributed by atoms with Crippen molar-refractivity contribution in [2.75, 3.05) is 14.1 Å². The van der Waals surface area contributed by atoms with E-state index >= 15 is 0 Å². The second-order valence-corrected chi connectivity index (χ2v) is 12.3. The summed E-state index contributed by atoms with van der Waals surface area (Å²) < 4.78 is 96.9. The van der Waals surface area contributed by atoms with E-state index in [1.165, 1.54) is 12.1 Å². The smallest absolute Gasteiger partial charge is 0.435 e. The number of halogens is 5. The van der Waals surface area contributed by atoms with Crippen LogP contribution in [0.1, 0.15) is 37.7 Å². The molecule has 2 aromatic rings. The molecule has 31 heavy (non-hydrogen) atoms. The third-order valence-electron chi connectivity index (χ3n) is 3.77. The van der Waals surface area contributed by atoms with Gasteiger partial charge in [0.1, 0.15) is 27.6 Å². The molecule has 7 nitrogen and oxygen atoms in total. The normalized spacial score (nSPS) is 14.9. The second-order valence-electron chi connectivity index (χ2n) is 7.47. The van der Waals surface area contributed by atoms with Crippen molar-refractivity contribution in [3.8, 4) is 0 Å². The molecule has 1 aromatic heterocycles. The Morgan fingerprint density at radius 3 is 2.29 bits per heavy atom. The summed E-state index contributed by atoms with van der Waals surface area (Å²) >= 11 is 1.07. The minimum Gasteiger partial charge on any atom is -0.591 e. The highest BCUT2D eigenvalue weighted by molar-refractivity contribution is 9.10. The largest absolute Gasteiger partial charge is 0.591 e. The molecule has 2 rings (SSSR count). The van der Waals surface area contributed by atoms with Crippen molar-refractivity contribution in [1.29, 1.82) is 0 Å². The fourth-order valence-corrected chi connectivity index (χ4v) is 4.01. The Morgan fingerprint density at radius 2 is 1.81 bits per heavy atom. The first-order valence-electron chi connectivity index (χ1n) is 8.53. The maximum Gasteiger partial charge on any atom is 0.435 e. The van der Waals surface area contributed by atoms with E-state index in [9.17, 15) is 30.5 Å². The Morgan fingerprint density at radius 1 is 1.23 bits per heavy atom. The number of alkyl halides is 3. The van der Waals surface area contributed by atoms with E-state index in [-0.39, 0.29) is 9.65 Å². The van der Waals surface area contributed by atoms with Gasteiger partial charge in [0, 0.05) is 24.1 Å². The molecule has 0 aliphatic rings. The fraction of sp³-hybridized carbons (Fsp3) is 0.412. The molecular formula is C17H19BrF4N4O3S2. The molecule has 1 heterocycles. The summed E-state index contributed by atoms with van der Waals surface area (Å²) in [7, 11) is -2.38. The first kappa shape index (κ1) is 25.8. The zero-order valence-corrected chi connectivity index (χ0v) is 20.2. The number of benzene rings is 1. The van der Waals surface area contributed by atoms with Gasteiger partial charge in [-0.1, -0.05) is 20.3 Å². The van der Waals surface area contributed by atoms with Gasteiger partial charge in [-0.25, -0.2) is 4.39 Å². The van der Waals surface area contributed by atoms with Crippen LogP contribution in [-0.4, -0.2) is 51.0 Å². The molecule has 1 aromatic carbocycles. The van der Waals surface area contributed by atoms with Crippen molar-refractivity contribution < 1.29 is 30.5 Å². The van der Waals surface area contributed by atoms with Gasteiger partial charge in [0.25, 0.3) is 0 Å². The zero-order chi connectivity index (χ0) is 23.9. The summed E-state index contributed by atoms with van der Waals surface area (Å²) in [5.74, 6) is -0.906. The summed E-state index contributed by atoms with van der Waals surface area (Å²) in [4.78, 5) is 0. The molecule has 172 valence electrons. The van der Waals surface area contributed by atoms with Crippen LogP contribution in [0.2, 0.25) is 0 Å². The molecule has 0 spiro atoms. The van der Waals surface area contributed by atoms with Crippen LogP contribution in [0.3, 0.4) is 0 Å². The lowest BCUT2D eigenvalue weighted by Gasteiger charge is -2.20. The van der Waals surface area contributed by atoms with Gasteiger partial charge >= 0.3 is 16.4 Å². The standard InChI is InChI=1S/C17H19BrF4N4O3S2/c1-16(2,3)30(27)24-15(11-8-10(18)6-7-12(11)19)13-9-14(17(20,21)22)23-26(13)31(28,29)25(4)5/h6-9H,1-5H3. The first-order valence-corrected chi connectivity index (χ1v) is 11.8. The lowest BCUT2D eigenvalue weighted by atomic mass is 10.1. The first-order chi connectivity index (χ1) is 14.0. The quantitative estimate of drug-likeness (QED) is 0.324. The van der Waals surface area contributed by atoms with Crippen molar-refractivity contribution in [3.63, 3.8) is 0 Å². The molecule has 0 bridgehead atoms. The average molecular weight is 547 g/mol. The van der Waals surface area contributed by atoms with Gasteiger partial charge in [0.2, 0.25) is 0 Å². The summed E-state index contributed by atoms with van der Waals surface area (Å²) in [6.45, 7) is 4.66. The van der Waals surface area contributed by atoms with E-state index in [1.54, 1.807) is 20.8 Å². The zero-order valence-electron chi connectivity index (χ0n) is 17.0. The number of nitrogens with zero attached hydrogens (tertiary/aromatic N) is 4. The van der Waals surface area contributed by atoms with Crippen molar-refractivity contribution in [2.45, 2.75) is 31.7 Å². The highest BCUT2D eigenvalue weighted by atomic mass is 79.9. The van der Waals surface area contributed by atoms with Crippen LogP contribution >= 0.6 is 15.9 Å². The predicted octanol–water partition coefficient (Wildman–Crippen LogP) is 3.76. The second kappa shape index (κ2) is 8.81. The molecule has 0 aliphatic carbocycles. The summed E-state index contributed by atoms with van der Waals surface area (Å²) in [5, 5.41) is 3.19. The maximum atomic E-state index is 14.7. The van der Waals surface area contributed by atoms with Crippen LogP contribution in [0, 0.1) is 5.82 Å². The van der Waals surface area contributed by atoms with Crippen molar-refractivity contribution >= 4 is 43.2 Å². The molecule has 14 heteroatoms. The van der Waals surface area contributed by atoms with Gasteiger partial charge in [-0.2, -0.15) is 31.0 Å². The summed E-state index contributed by atoms with van der Waals surface area (Å²) in [5.41, 5.74) is -3.12. The van der Waals surface area contributed by atoms with Crippen LogP contribution in [0.25, 0.3) is 0 Å². The average Bonchev–Trinajstić information content (AvgIpc) is 3.07. The Hall–Kier alpha value is -1.48. The third-order valence-corrected chi connectivity index (χ3v) is 7.30. The molecule has 1 unspecified atom stereocenters. The van der Waals surface area contributed by atoms with E-state index < -0.39 is 55.4 Å². The molecule has 0 aliphatic heterocycles. The van der Waals surface area contributed by atoms with E-state index in [2.05, 4.69) is 25.4 Å². The Kier molecular flexibility index (Phi) is 7.32. The number of aromatic nitrogens is 2. The van der Waals surface area contributed by atoms with Gasteiger partial charge in [-0.3, -0.25) is 0 Å². The van der Waals surface area contributed by atoms with Crippen LogP contribution < -0.4 is 0 Å². The van der Waals surface area contributed by atoms with E-state index in [1.807, 2.05) is 0 Å². The monoisotopic (exact) mass is 546 g/mol. The lowest BCUT2D eigenvalue weighted by molar-refractivity contribution is -0.141. The minimum absolute atomic E-state index is 0.106. The van der Waals surface area contributed by atoms with Crippen molar-refractivity contribution in [2.24, 2.45) is 4.40 Å². The number of hydrogen-bond acceptors (Lipinski definition) is 5. The number of rotatable bonds is 5. The van der Waals surface area contributed by atoms with Crippen LogP contribution in [0.5, 0.6) is 0 Å². The summed E-state index contributed by atoms with van der Waals surface area (Å²) in [6.07, 6.45) is -4.99. The van der Waals surface area contributed by atoms with E-state index in [4.69, 9.17) is 0 Å². The SMILES string of the molecule is CN(C)S(=O)(=O)n1nc(C(F)(F)F)cc1C(=N[S+]([O-])C(C)(C)C)c1cc(Br)ccc1F. The Labute approximate surface area is 188 Å². The molecule has 0 N–H and O–H groups in total. The van der Waals surface area contributed by atoms with E-state index in [0.29, 0.717) is 14.8 Å². The van der Waals surface area contributed by atoms with Crippen LogP contribution in [0.15, 0.2) is 33.1 Å². The van der Waals surface area contributed by atoms with Crippen molar-refractivity contribution in [3.05, 3.63) is 51.5 Å². The molecule has 0 saturated carbocycles. The predicted molar refractivity (Wildman–Crippen MR) is 113 cm³/mol. The molecular weight excluding hydrogens is 528 g/mol. The molecule has 0 radical (unpaired) electrons. The van der Waals surface area contributed by atoms with Gasteiger partial charge in [-0.05, 0) is 45.0 Å². The van der Waals surface area contributed by atoms with Gasteiger partial charge < -0.3 is 4.55 Å². The Balaban J connectivity index is 2.97. The lowest BCUT2D eigenvalue weighted by Crippen LogP contribution is -2.33. The third kappa shape index (κ3) is 5.66. The maximum absolute atomic E-state index is 14.7. The van der Waals surface area contributed by atoms with Crippen molar-refractivity contribution in [1.82, 2.24) is 13.5 Å². The fourth-order valence-electron chi connectivity index (χ4n) is 2.13. The highest BCUT2D eigenvalue weighted by Crippen LogP contribution is 2.31. The van der Waals surface area contributed by atoms with Gasteiger partial charge in [-0.15, -0.1) is 4.09 Å². The van der Waals surface area contributed by atoms with Gasteiger partial charge in [0.15, 0.2) is 11.4 Å². The molecule has 0 amide bonds. The molecule has 0 saturated heterocycles. The van der Waals surface area contributed by atoms with E-state index in [0.717, 1.165) is 20.2 Å². The minimum atomic E-state index is -4.99. The molecule has 1 atom stereocenters. The topological polar surface area (TPSA) is 90.6 Å². The highest BCUT2D eigenvalue weighted by Gasteiger charge is 2.39. The van der Waals surface area contributed by atoms with Crippen LogP contribution in [-0.2, 0) is 27.7 Å². The van der Waals surface area contributed by atoms with Crippen LogP contribution in [0.4, 0.5) is 17.6 Å². The van der Waals surface area contributed by atoms with Gasteiger partial charge in [0.05, 0.1) is 0 Å². The number of hydrogen-bond donors (Lipinski definition) is 0. The Bertz CT molecular complexity index is 1110. The molecule has 0 fully saturated rings.